The fraction of sp³-hybridized carbons (Fsp3) is 0.0714. The van der Waals surface area contributed by atoms with Crippen molar-refractivity contribution in [3.05, 3.63) is 63.1 Å². The number of hydrogen-bond donors (Lipinski definition) is 2. The lowest BCUT2D eigenvalue weighted by molar-refractivity contribution is 0.102. The summed E-state index contributed by atoms with van der Waals surface area (Å²) in [7, 11) is 0. The van der Waals surface area contributed by atoms with Gasteiger partial charge in [-0.3, -0.25) is 4.79 Å². The molecule has 98 valence electrons. The van der Waals surface area contributed by atoms with Crippen LogP contribution >= 0.6 is 27.5 Å². The van der Waals surface area contributed by atoms with Crippen LogP contribution in [0.5, 0.6) is 0 Å². The minimum absolute atomic E-state index is 0.0649. The lowest BCUT2D eigenvalue weighted by atomic mass is 10.2. The fourth-order valence-corrected chi connectivity index (χ4v) is 2.22. The number of benzene rings is 2. The van der Waals surface area contributed by atoms with Gasteiger partial charge in [-0.25, -0.2) is 0 Å². The molecule has 5 heteroatoms. The molecule has 2 aromatic rings. The molecule has 0 bridgehead atoms. The fourth-order valence-electron chi connectivity index (χ4n) is 1.62. The standard InChI is InChI=1S/C14H11BrClNO2/c15-13-5-4-10(16)7-12(13)14(19)17-11-3-1-2-9(6-11)8-18/h1-7,18H,8H2,(H,17,19). The van der Waals surface area contributed by atoms with Gasteiger partial charge in [-0.05, 0) is 51.8 Å². The second kappa shape index (κ2) is 6.19. The first-order valence-electron chi connectivity index (χ1n) is 5.56. The largest absolute Gasteiger partial charge is 0.392 e. The van der Waals surface area contributed by atoms with Crippen LogP contribution in [0.1, 0.15) is 15.9 Å². The number of aliphatic hydroxyl groups excluding tert-OH is 1. The normalized spacial score (nSPS) is 10.3. The molecule has 0 atom stereocenters. The average Bonchev–Trinajstić information content (AvgIpc) is 2.41. The molecule has 0 aliphatic carbocycles. The van der Waals surface area contributed by atoms with Crippen LogP contribution in [0.25, 0.3) is 0 Å². The van der Waals surface area contributed by atoms with E-state index in [0.29, 0.717) is 20.7 Å². The maximum absolute atomic E-state index is 12.1. The molecule has 0 aromatic heterocycles. The first-order valence-corrected chi connectivity index (χ1v) is 6.73. The third-order valence-corrected chi connectivity index (χ3v) is 3.47. The quantitative estimate of drug-likeness (QED) is 0.891. The van der Waals surface area contributed by atoms with Gasteiger partial charge in [0.1, 0.15) is 0 Å². The molecule has 0 saturated carbocycles. The third kappa shape index (κ3) is 3.56. The number of halogens is 2. The predicted molar refractivity (Wildman–Crippen MR) is 79.5 cm³/mol. The van der Waals surface area contributed by atoms with Gasteiger partial charge in [-0.2, -0.15) is 0 Å². The number of nitrogens with one attached hydrogen (secondary N) is 1. The van der Waals surface area contributed by atoms with Crippen molar-refractivity contribution in [2.75, 3.05) is 5.32 Å². The van der Waals surface area contributed by atoms with Crippen LogP contribution in [-0.2, 0) is 6.61 Å². The number of aliphatic hydroxyl groups is 1. The van der Waals surface area contributed by atoms with Crippen molar-refractivity contribution in [2.45, 2.75) is 6.61 Å². The number of carbonyl (C=O) groups is 1. The summed E-state index contributed by atoms with van der Waals surface area (Å²) in [5.41, 5.74) is 1.83. The summed E-state index contributed by atoms with van der Waals surface area (Å²) < 4.78 is 0.674. The highest BCUT2D eigenvalue weighted by atomic mass is 79.9. The summed E-state index contributed by atoms with van der Waals surface area (Å²) in [6, 6.07) is 12.1. The van der Waals surface area contributed by atoms with E-state index in [1.807, 2.05) is 0 Å². The smallest absolute Gasteiger partial charge is 0.256 e. The molecule has 0 spiro atoms. The molecule has 0 unspecified atom stereocenters. The monoisotopic (exact) mass is 339 g/mol. The Bertz CT molecular complexity index is 616. The van der Waals surface area contributed by atoms with E-state index in [-0.39, 0.29) is 12.5 Å². The Morgan fingerprint density at radius 2 is 2.05 bits per heavy atom. The molecule has 0 fully saturated rings. The van der Waals surface area contributed by atoms with E-state index < -0.39 is 0 Å². The average molecular weight is 341 g/mol. The van der Waals surface area contributed by atoms with Crippen molar-refractivity contribution in [1.29, 1.82) is 0 Å². The molecule has 19 heavy (non-hydrogen) atoms. The van der Waals surface area contributed by atoms with E-state index in [1.54, 1.807) is 42.5 Å². The Hall–Kier alpha value is -1.36. The van der Waals surface area contributed by atoms with E-state index in [1.165, 1.54) is 0 Å². The molecule has 1 amide bonds. The summed E-state index contributed by atoms with van der Waals surface area (Å²) in [6.45, 7) is -0.0649. The first kappa shape index (κ1) is 14.1. The molecular formula is C14H11BrClNO2. The van der Waals surface area contributed by atoms with Gasteiger partial charge >= 0.3 is 0 Å². The zero-order valence-corrected chi connectivity index (χ0v) is 12.2. The van der Waals surface area contributed by atoms with Crippen LogP contribution in [0, 0.1) is 0 Å². The Morgan fingerprint density at radius 3 is 2.79 bits per heavy atom. The zero-order chi connectivity index (χ0) is 13.8. The van der Waals surface area contributed by atoms with E-state index in [2.05, 4.69) is 21.2 Å². The van der Waals surface area contributed by atoms with Gasteiger partial charge in [0.05, 0.1) is 12.2 Å². The van der Waals surface area contributed by atoms with Crippen LogP contribution in [0.2, 0.25) is 5.02 Å². The lowest BCUT2D eigenvalue weighted by Gasteiger charge is -2.08. The number of carbonyl (C=O) groups excluding carboxylic acids is 1. The molecule has 0 aliphatic heterocycles. The minimum Gasteiger partial charge on any atom is -0.392 e. The zero-order valence-electron chi connectivity index (χ0n) is 9.86. The van der Waals surface area contributed by atoms with Gasteiger partial charge in [0.15, 0.2) is 0 Å². The molecule has 2 aromatic carbocycles. The molecule has 0 saturated heterocycles. The maximum Gasteiger partial charge on any atom is 0.256 e. The van der Waals surface area contributed by atoms with Crippen LogP contribution < -0.4 is 5.32 Å². The van der Waals surface area contributed by atoms with Gasteiger partial charge in [-0.15, -0.1) is 0 Å². The van der Waals surface area contributed by atoms with Crippen molar-refractivity contribution in [3.8, 4) is 0 Å². The molecule has 0 aliphatic rings. The molecule has 3 nitrogen and oxygen atoms in total. The maximum atomic E-state index is 12.1. The van der Waals surface area contributed by atoms with Crippen LogP contribution in [-0.4, -0.2) is 11.0 Å². The Morgan fingerprint density at radius 1 is 1.26 bits per heavy atom. The van der Waals surface area contributed by atoms with Gasteiger partial charge < -0.3 is 10.4 Å². The van der Waals surface area contributed by atoms with Crippen LogP contribution in [0.15, 0.2) is 46.9 Å². The van der Waals surface area contributed by atoms with Crippen molar-refractivity contribution in [3.63, 3.8) is 0 Å². The van der Waals surface area contributed by atoms with Crippen molar-refractivity contribution >= 4 is 39.1 Å². The van der Waals surface area contributed by atoms with E-state index in [9.17, 15) is 4.79 Å². The second-order valence-corrected chi connectivity index (χ2v) is 5.23. The summed E-state index contributed by atoms with van der Waals surface area (Å²) in [5, 5.41) is 12.3. The molecular weight excluding hydrogens is 330 g/mol. The van der Waals surface area contributed by atoms with Crippen molar-refractivity contribution in [2.24, 2.45) is 0 Å². The second-order valence-electron chi connectivity index (χ2n) is 3.94. The molecule has 2 rings (SSSR count). The van der Waals surface area contributed by atoms with Gasteiger partial charge in [0.2, 0.25) is 0 Å². The Balaban J connectivity index is 2.23. The van der Waals surface area contributed by atoms with Crippen LogP contribution in [0.3, 0.4) is 0 Å². The first-order chi connectivity index (χ1) is 9.10. The summed E-state index contributed by atoms with van der Waals surface area (Å²) in [5.74, 6) is -0.260. The number of amides is 1. The van der Waals surface area contributed by atoms with Gasteiger partial charge in [0.25, 0.3) is 5.91 Å². The molecule has 0 radical (unpaired) electrons. The predicted octanol–water partition coefficient (Wildman–Crippen LogP) is 3.85. The lowest BCUT2D eigenvalue weighted by Crippen LogP contribution is -2.12. The summed E-state index contributed by atoms with van der Waals surface area (Å²) in [6.07, 6.45) is 0. The number of anilines is 1. The van der Waals surface area contributed by atoms with Crippen molar-refractivity contribution < 1.29 is 9.90 Å². The third-order valence-electron chi connectivity index (χ3n) is 2.54. The summed E-state index contributed by atoms with van der Waals surface area (Å²) in [4.78, 5) is 12.1. The van der Waals surface area contributed by atoms with Gasteiger partial charge in [-0.1, -0.05) is 23.7 Å². The highest BCUT2D eigenvalue weighted by Crippen LogP contribution is 2.22. The highest BCUT2D eigenvalue weighted by molar-refractivity contribution is 9.10. The molecule has 0 heterocycles. The van der Waals surface area contributed by atoms with Crippen LogP contribution in [0.4, 0.5) is 5.69 Å². The van der Waals surface area contributed by atoms with E-state index in [4.69, 9.17) is 16.7 Å². The van der Waals surface area contributed by atoms with E-state index >= 15 is 0 Å². The van der Waals surface area contributed by atoms with Crippen molar-refractivity contribution in [1.82, 2.24) is 0 Å². The summed E-state index contributed by atoms with van der Waals surface area (Å²) >= 11 is 9.19. The Labute approximate surface area is 124 Å². The number of rotatable bonds is 3. The minimum atomic E-state index is -0.260. The topological polar surface area (TPSA) is 49.3 Å². The van der Waals surface area contributed by atoms with E-state index in [0.717, 1.165) is 5.56 Å². The Kier molecular flexibility index (Phi) is 4.58. The number of hydrogen-bond acceptors (Lipinski definition) is 2. The SMILES string of the molecule is O=C(Nc1cccc(CO)c1)c1cc(Cl)ccc1Br. The molecule has 2 N–H and O–H groups in total. The highest BCUT2D eigenvalue weighted by Gasteiger charge is 2.11. The van der Waals surface area contributed by atoms with Gasteiger partial charge in [0, 0.05) is 15.2 Å².